The molecule has 5 aromatic rings. The molecule has 60 heavy (non-hydrogen) atoms. The summed E-state index contributed by atoms with van der Waals surface area (Å²) < 4.78 is 17.6. The smallest absolute Gasteiger partial charge is 0.119 e. The van der Waals surface area contributed by atoms with Crippen LogP contribution < -0.4 is 20.3 Å². The van der Waals surface area contributed by atoms with Crippen molar-refractivity contribution in [2.24, 2.45) is 5.41 Å². The van der Waals surface area contributed by atoms with E-state index < -0.39 is 0 Å². The average Bonchev–Trinajstić information content (AvgIpc) is 3.29. The van der Waals surface area contributed by atoms with Crippen LogP contribution in [0.3, 0.4) is 0 Å². The quantitative estimate of drug-likeness (QED) is 0.0765. The number of unbranched alkanes of at least 4 members (excludes halogenated alkanes) is 3. The summed E-state index contributed by atoms with van der Waals surface area (Å²) in [5.41, 5.74) is 13.3. The van der Waals surface area contributed by atoms with Gasteiger partial charge in [-0.2, -0.15) is 0 Å². The maximum Gasteiger partial charge on any atom is 0.119 e. The number of nitrogens with one attached hydrogen (secondary N) is 2. The molecule has 8 rings (SSSR count). The minimum absolute atomic E-state index is 0.268. The summed E-state index contributed by atoms with van der Waals surface area (Å²) >= 11 is 0. The van der Waals surface area contributed by atoms with Crippen molar-refractivity contribution < 1.29 is 14.2 Å². The van der Waals surface area contributed by atoms with Gasteiger partial charge in [-0.05, 0) is 159 Å². The third kappa shape index (κ3) is 10.9. The van der Waals surface area contributed by atoms with Crippen molar-refractivity contribution in [3.8, 4) is 16.9 Å². The summed E-state index contributed by atoms with van der Waals surface area (Å²) in [5.74, 6) is 0.907. The lowest BCUT2D eigenvalue weighted by molar-refractivity contribution is -0.150. The topological polar surface area (TPSA) is 55.0 Å². The van der Waals surface area contributed by atoms with Crippen molar-refractivity contribution in [1.82, 2.24) is 0 Å². The fraction of sp³-hybridized carbons (Fsp3) is 0.296. The number of hydrogen-bond donors (Lipinski definition) is 2. The van der Waals surface area contributed by atoms with E-state index in [9.17, 15) is 0 Å². The van der Waals surface area contributed by atoms with Gasteiger partial charge in [-0.15, -0.1) is 0 Å². The number of allylic oxidation sites excluding steroid dienone is 8. The van der Waals surface area contributed by atoms with Crippen molar-refractivity contribution in [2.75, 3.05) is 48.6 Å². The van der Waals surface area contributed by atoms with Gasteiger partial charge in [0.25, 0.3) is 0 Å². The van der Waals surface area contributed by atoms with Crippen LogP contribution in [0.5, 0.6) is 5.75 Å². The SMILES string of the molecule is CCC1(COCCCCCCOc2ccc(N(C3=CC=C(c4ccc(NC5=CC=CCC5)cc4)CC3)c3ccc(-c4ccc(Nc5ccccc5)cc4)cc3)cc2)COC1. The van der Waals surface area contributed by atoms with Crippen LogP contribution in [0.15, 0.2) is 169 Å². The molecule has 1 saturated heterocycles. The lowest BCUT2D eigenvalue weighted by Crippen LogP contribution is -2.45. The lowest BCUT2D eigenvalue weighted by atomic mass is 9.84. The molecule has 1 aliphatic heterocycles. The highest BCUT2D eigenvalue weighted by Crippen LogP contribution is 2.38. The first-order chi connectivity index (χ1) is 29.6. The molecule has 3 aliphatic rings. The van der Waals surface area contributed by atoms with Crippen molar-refractivity contribution >= 4 is 34.0 Å². The largest absolute Gasteiger partial charge is 0.494 e. The molecule has 6 heteroatoms. The highest BCUT2D eigenvalue weighted by molar-refractivity contribution is 5.77. The van der Waals surface area contributed by atoms with Crippen LogP contribution in [0.2, 0.25) is 0 Å². The fourth-order valence-corrected chi connectivity index (χ4v) is 8.04. The van der Waals surface area contributed by atoms with Crippen LogP contribution in [0.1, 0.15) is 70.3 Å². The normalized spacial score (nSPS) is 15.6. The van der Waals surface area contributed by atoms with Gasteiger partial charge in [0, 0.05) is 51.9 Å². The Morgan fingerprint density at radius 1 is 0.600 bits per heavy atom. The number of ether oxygens (including phenoxy) is 3. The molecule has 0 atom stereocenters. The predicted octanol–water partition coefficient (Wildman–Crippen LogP) is 14.0. The zero-order chi connectivity index (χ0) is 40.8. The summed E-state index contributed by atoms with van der Waals surface area (Å²) in [6, 6.07) is 45.4. The third-order valence-corrected chi connectivity index (χ3v) is 11.9. The Morgan fingerprint density at radius 3 is 1.85 bits per heavy atom. The molecule has 0 unspecified atom stereocenters. The van der Waals surface area contributed by atoms with Crippen LogP contribution in [-0.2, 0) is 9.47 Å². The molecule has 2 aliphatic carbocycles. The Bertz CT molecular complexity index is 2230. The molecule has 1 heterocycles. The Labute approximate surface area is 357 Å². The Morgan fingerprint density at radius 2 is 1.23 bits per heavy atom. The number of rotatable bonds is 20. The van der Waals surface area contributed by atoms with E-state index in [0.717, 1.165) is 125 Å². The second-order valence-electron chi connectivity index (χ2n) is 16.3. The first kappa shape index (κ1) is 40.9. The summed E-state index contributed by atoms with van der Waals surface area (Å²) in [7, 11) is 0. The van der Waals surface area contributed by atoms with Gasteiger partial charge < -0.3 is 29.7 Å². The van der Waals surface area contributed by atoms with Gasteiger partial charge >= 0.3 is 0 Å². The van der Waals surface area contributed by atoms with Crippen LogP contribution in [0.25, 0.3) is 16.7 Å². The zero-order valence-corrected chi connectivity index (χ0v) is 35.1. The van der Waals surface area contributed by atoms with Crippen LogP contribution in [-0.4, -0.2) is 33.0 Å². The highest BCUT2D eigenvalue weighted by Gasteiger charge is 2.36. The molecule has 0 aromatic heterocycles. The molecule has 0 spiro atoms. The number of anilines is 5. The Hall–Kier alpha value is -5.82. The first-order valence-electron chi connectivity index (χ1n) is 22.0. The minimum Gasteiger partial charge on any atom is -0.494 e. The molecular formula is C54H59N3O3. The molecule has 0 radical (unpaired) electrons. The molecule has 2 N–H and O–H groups in total. The molecule has 0 bridgehead atoms. The highest BCUT2D eigenvalue weighted by atomic mass is 16.5. The van der Waals surface area contributed by atoms with Gasteiger partial charge in [-0.1, -0.05) is 86.2 Å². The minimum atomic E-state index is 0.268. The Kier molecular flexibility index (Phi) is 13.9. The number of para-hydroxylation sites is 1. The summed E-state index contributed by atoms with van der Waals surface area (Å²) in [4.78, 5) is 2.40. The zero-order valence-electron chi connectivity index (χ0n) is 35.1. The fourth-order valence-electron chi connectivity index (χ4n) is 8.04. The van der Waals surface area contributed by atoms with E-state index in [-0.39, 0.29) is 5.41 Å². The number of benzene rings is 5. The van der Waals surface area contributed by atoms with Gasteiger partial charge in [0.05, 0.1) is 26.4 Å². The summed E-state index contributed by atoms with van der Waals surface area (Å²) in [6.45, 7) is 6.30. The van der Waals surface area contributed by atoms with Gasteiger partial charge in [-0.25, -0.2) is 0 Å². The molecule has 6 nitrogen and oxygen atoms in total. The van der Waals surface area contributed by atoms with Crippen molar-refractivity contribution in [2.45, 2.75) is 64.7 Å². The van der Waals surface area contributed by atoms with Gasteiger partial charge in [0.1, 0.15) is 5.75 Å². The standard InChI is InChI=1S/C54H59N3O3/c1-2-54(40-59-41-54)39-58-37-11-3-4-12-38-60-53-35-33-52(34-36-53)57(50-29-21-44(22-30-50)42-17-25-48(26-18-42)55-46-13-7-5-8-14-46)51-31-23-45(24-32-51)43-19-27-49(28-20-43)56-47-15-9-6-10-16-47/h5-9,13-15,17-23,25-31,33-36,55-56H,2-4,10-12,16,24,32,37-41H2,1H3. The first-order valence-corrected chi connectivity index (χ1v) is 22.0. The van der Waals surface area contributed by atoms with E-state index in [1.54, 1.807) is 0 Å². The molecular weight excluding hydrogens is 739 g/mol. The van der Waals surface area contributed by atoms with E-state index in [0.29, 0.717) is 0 Å². The van der Waals surface area contributed by atoms with E-state index in [1.807, 2.05) is 18.2 Å². The summed E-state index contributed by atoms with van der Waals surface area (Å²) in [5, 5.41) is 7.07. The maximum atomic E-state index is 6.22. The van der Waals surface area contributed by atoms with Gasteiger partial charge in [0.15, 0.2) is 0 Å². The monoisotopic (exact) mass is 797 g/mol. The van der Waals surface area contributed by atoms with Gasteiger partial charge in [0.2, 0.25) is 0 Å². The molecule has 308 valence electrons. The summed E-state index contributed by atoms with van der Waals surface area (Å²) in [6.07, 6.45) is 20.7. The van der Waals surface area contributed by atoms with Crippen molar-refractivity contribution in [3.05, 3.63) is 175 Å². The maximum absolute atomic E-state index is 6.22. The molecule has 0 saturated carbocycles. The Balaban J connectivity index is 0.919. The third-order valence-electron chi connectivity index (χ3n) is 11.9. The second-order valence-corrected chi connectivity index (χ2v) is 16.3. The van der Waals surface area contributed by atoms with Crippen molar-refractivity contribution in [3.63, 3.8) is 0 Å². The van der Waals surface area contributed by atoms with Crippen molar-refractivity contribution in [1.29, 1.82) is 0 Å². The van der Waals surface area contributed by atoms with E-state index in [4.69, 9.17) is 14.2 Å². The van der Waals surface area contributed by atoms with E-state index in [2.05, 4.69) is 162 Å². The number of hydrogen-bond acceptors (Lipinski definition) is 6. The average molecular weight is 798 g/mol. The molecule has 1 fully saturated rings. The molecule has 0 amide bonds. The molecule has 5 aromatic carbocycles. The lowest BCUT2D eigenvalue weighted by Gasteiger charge is -2.40. The van der Waals surface area contributed by atoms with Crippen LogP contribution in [0.4, 0.5) is 28.4 Å². The van der Waals surface area contributed by atoms with E-state index >= 15 is 0 Å². The van der Waals surface area contributed by atoms with Gasteiger partial charge in [-0.3, -0.25) is 0 Å². The predicted molar refractivity (Wildman–Crippen MR) is 250 cm³/mol. The van der Waals surface area contributed by atoms with Crippen LogP contribution in [0, 0.1) is 5.41 Å². The van der Waals surface area contributed by atoms with Crippen LogP contribution >= 0.6 is 0 Å². The second kappa shape index (κ2) is 20.4. The number of nitrogens with zero attached hydrogens (tertiary/aromatic N) is 1. The van der Waals surface area contributed by atoms with E-state index in [1.165, 1.54) is 33.7 Å².